The molecule has 2 amide bonds. The van der Waals surface area contributed by atoms with Gasteiger partial charge in [-0.25, -0.2) is 9.18 Å². The van der Waals surface area contributed by atoms with Crippen molar-refractivity contribution in [3.05, 3.63) is 49.0 Å². The average molecular weight is 425 g/mol. The van der Waals surface area contributed by atoms with Gasteiger partial charge in [-0.1, -0.05) is 33.6 Å². The molecule has 1 unspecified atom stereocenters. The normalized spacial score (nSPS) is 16.3. The molecule has 1 rings (SSSR count). The Bertz CT molecular complexity index is 660. The number of hydrogen-bond donors (Lipinski definition) is 1. The van der Waals surface area contributed by atoms with E-state index in [4.69, 9.17) is 14.2 Å². The highest BCUT2D eigenvalue weighted by molar-refractivity contribution is 5.87. The molecule has 8 heteroatoms. The number of alkyl carbamates (subject to hydrolysis) is 1. The van der Waals surface area contributed by atoms with E-state index < -0.39 is 11.9 Å². The zero-order valence-corrected chi connectivity index (χ0v) is 18.0. The number of hydrogen-bond acceptors (Lipinski definition) is 5. The van der Waals surface area contributed by atoms with Crippen LogP contribution < -0.4 is 5.32 Å². The number of nitrogens with one attached hydrogen (secondary N) is 1. The van der Waals surface area contributed by atoms with Gasteiger partial charge in [-0.05, 0) is 24.0 Å². The summed E-state index contributed by atoms with van der Waals surface area (Å²) < 4.78 is 29.2. The fraction of sp³-hybridized carbons (Fsp3) is 0.545. The Hall–Kier alpha value is -2.61. The van der Waals surface area contributed by atoms with Gasteiger partial charge in [0.05, 0.1) is 19.8 Å². The van der Waals surface area contributed by atoms with Gasteiger partial charge < -0.3 is 24.4 Å². The third-order valence-corrected chi connectivity index (χ3v) is 4.52. The van der Waals surface area contributed by atoms with Crippen molar-refractivity contribution in [2.24, 2.45) is 11.8 Å². The SMILES string of the molecule is C=CC(=O)N1CCC(COC(=O)NCCOCCO/C(=C/C(=C)F)C(=C)C(C)C)C1. The van der Waals surface area contributed by atoms with Crippen LogP contribution in [0.5, 0.6) is 0 Å². The molecule has 0 radical (unpaired) electrons. The van der Waals surface area contributed by atoms with Crippen LogP contribution in [0.1, 0.15) is 20.3 Å². The van der Waals surface area contributed by atoms with Gasteiger partial charge in [0.1, 0.15) is 18.2 Å². The van der Waals surface area contributed by atoms with Crippen LogP contribution >= 0.6 is 0 Å². The first-order chi connectivity index (χ1) is 14.2. The number of carbonyl (C=O) groups excluding carboxylic acids is 2. The molecular formula is C22H33FN2O5. The highest BCUT2D eigenvalue weighted by atomic mass is 19.1. The first kappa shape index (κ1) is 25.4. The van der Waals surface area contributed by atoms with Gasteiger partial charge in [0.15, 0.2) is 0 Å². The third kappa shape index (κ3) is 9.73. The maximum atomic E-state index is 13.1. The summed E-state index contributed by atoms with van der Waals surface area (Å²) in [6.45, 7) is 17.0. The minimum absolute atomic E-state index is 0.103. The fourth-order valence-corrected chi connectivity index (χ4v) is 2.73. The lowest BCUT2D eigenvalue weighted by molar-refractivity contribution is -0.125. The number of nitrogens with zero attached hydrogens (tertiary/aromatic N) is 1. The molecule has 1 atom stereocenters. The zero-order valence-electron chi connectivity index (χ0n) is 18.0. The molecule has 1 N–H and O–H groups in total. The summed E-state index contributed by atoms with van der Waals surface area (Å²) in [6.07, 6.45) is 2.77. The standard InChI is InChI=1S/C22H33FN2O5/c1-6-21(26)25-9-7-19(14-25)15-30-22(27)24-8-10-28-11-12-29-20(13-17(4)23)18(5)16(2)3/h6,13,16,19H,1,4-5,7-12,14-15H2,2-3H3,(H,24,27)/b20-13+. The molecule has 0 aromatic heterocycles. The van der Waals surface area contributed by atoms with Gasteiger partial charge in [-0.2, -0.15) is 0 Å². The molecule has 30 heavy (non-hydrogen) atoms. The number of rotatable bonds is 13. The van der Waals surface area contributed by atoms with Gasteiger partial charge in [-0.15, -0.1) is 0 Å². The zero-order chi connectivity index (χ0) is 22.5. The summed E-state index contributed by atoms with van der Waals surface area (Å²) in [5, 5.41) is 2.60. The lowest BCUT2D eigenvalue weighted by Crippen LogP contribution is -2.31. The predicted octanol–water partition coefficient (Wildman–Crippen LogP) is 3.36. The topological polar surface area (TPSA) is 77.1 Å². The monoisotopic (exact) mass is 424 g/mol. The Morgan fingerprint density at radius 3 is 2.60 bits per heavy atom. The summed E-state index contributed by atoms with van der Waals surface area (Å²) in [5.74, 6) is -0.109. The number of carbonyl (C=O) groups is 2. The van der Waals surface area contributed by atoms with Gasteiger partial charge in [0, 0.05) is 31.6 Å². The van der Waals surface area contributed by atoms with Gasteiger partial charge in [-0.3, -0.25) is 4.79 Å². The Morgan fingerprint density at radius 2 is 1.97 bits per heavy atom. The molecule has 1 aliphatic heterocycles. The van der Waals surface area contributed by atoms with Gasteiger partial charge in [0.25, 0.3) is 0 Å². The molecule has 1 fully saturated rings. The molecule has 0 aromatic carbocycles. The second kappa shape index (κ2) is 13.6. The molecule has 168 valence electrons. The summed E-state index contributed by atoms with van der Waals surface area (Å²) in [6, 6.07) is 0. The molecule has 0 saturated carbocycles. The molecule has 0 spiro atoms. The van der Waals surface area contributed by atoms with Crippen molar-refractivity contribution in [1.82, 2.24) is 10.2 Å². The molecule has 0 bridgehead atoms. The van der Waals surface area contributed by atoms with E-state index in [1.807, 2.05) is 13.8 Å². The predicted molar refractivity (Wildman–Crippen MR) is 113 cm³/mol. The van der Waals surface area contributed by atoms with Crippen LogP contribution in [0.4, 0.5) is 9.18 Å². The van der Waals surface area contributed by atoms with Crippen LogP contribution in [0.15, 0.2) is 49.0 Å². The maximum Gasteiger partial charge on any atom is 0.407 e. The molecule has 1 aliphatic rings. The van der Waals surface area contributed by atoms with E-state index in [1.165, 1.54) is 12.2 Å². The van der Waals surface area contributed by atoms with Gasteiger partial charge >= 0.3 is 6.09 Å². The quantitative estimate of drug-likeness (QED) is 0.212. The smallest absolute Gasteiger partial charge is 0.407 e. The van der Waals surface area contributed by atoms with Gasteiger partial charge in [0.2, 0.25) is 5.91 Å². The van der Waals surface area contributed by atoms with E-state index in [1.54, 1.807) is 4.90 Å². The molecule has 0 aliphatic carbocycles. The summed E-state index contributed by atoms with van der Waals surface area (Å²) in [4.78, 5) is 24.9. The highest BCUT2D eigenvalue weighted by Gasteiger charge is 2.25. The fourth-order valence-electron chi connectivity index (χ4n) is 2.73. The van der Waals surface area contributed by atoms with E-state index in [9.17, 15) is 14.0 Å². The Morgan fingerprint density at radius 1 is 1.23 bits per heavy atom. The molecule has 0 aromatic rings. The van der Waals surface area contributed by atoms with E-state index in [2.05, 4.69) is 25.1 Å². The van der Waals surface area contributed by atoms with E-state index in [0.717, 1.165) is 6.42 Å². The number of halogens is 1. The summed E-state index contributed by atoms with van der Waals surface area (Å²) >= 11 is 0. The number of likely N-dealkylation sites (tertiary alicyclic amines) is 1. The number of ether oxygens (including phenoxy) is 3. The van der Waals surface area contributed by atoms with E-state index >= 15 is 0 Å². The lowest BCUT2D eigenvalue weighted by atomic mass is 10.0. The van der Waals surface area contributed by atoms with Crippen LogP contribution in [0.25, 0.3) is 0 Å². The summed E-state index contributed by atoms with van der Waals surface area (Å²) in [7, 11) is 0. The maximum absolute atomic E-state index is 13.1. The van der Waals surface area contributed by atoms with Crippen molar-refractivity contribution < 1.29 is 28.2 Å². The lowest BCUT2D eigenvalue weighted by Gasteiger charge is -2.16. The largest absolute Gasteiger partial charge is 0.491 e. The van der Waals surface area contributed by atoms with Crippen molar-refractivity contribution in [3.63, 3.8) is 0 Å². The Balaban J connectivity index is 2.12. The molecule has 1 heterocycles. The minimum atomic E-state index is -0.604. The second-order valence-corrected chi connectivity index (χ2v) is 7.26. The van der Waals surface area contributed by atoms with Crippen LogP contribution in [-0.2, 0) is 19.0 Å². The van der Waals surface area contributed by atoms with Crippen LogP contribution in [0.2, 0.25) is 0 Å². The van der Waals surface area contributed by atoms with E-state index in [0.29, 0.717) is 24.4 Å². The second-order valence-electron chi connectivity index (χ2n) is 7.26. The molecule has 7 nitrogen and oxygen atoms in total. The van der Waals surface area contributed by atoms with Crippen LogP contribution in [-0.4, -0.2) is 63.0 Å². The van der Waals surface area contributed by atoms with Crippen molar-refractivity contribution in [3.8, 4) is 0 Å². The third-order valence-electron chi connectivity index (χ3n) is 4.52. The summed E-state index contributed by atoms with van der Waals surface area (Å²) in [5.41, 5.74) is 0.678. The van der Waals surface area contributed by atoms with Crippen molar-refractivity contribution >= 4 is 12.0 Å². The number of allylic oxidation sites excluding steroid dienone is 3. The van der Waals surface area contributed by atoms with Crippen molar-refractivity contribution in [2.75, 3.05) is 46.1 Å². The van der Waals surface area contributed by atoms with Crippen molar-refractivity contribution in [2.45, 2.75) is 20.3 Å². The van der Waals surface area contributed by atoms with Crippen LogP contribution in [0, 0.1) is 11.8 Å². The first-order valence-corrected chi connectivity index (χ1v) is 10.0. The van der Waals surface area contributed by atoms with Crippen LogP contribution in [0.3, 0.4) is 0 Å². The first-order valence-electron chi connectivity index (χ1n) is 10.0. The average Bonchev–Trinajstić information content (AvgIpc) is 3.18. The Labute approximate surface area is 178 Å². The number of amides is 2. The minimum Gasteiger partial charge on any atom is -0.491 e. The highest BCUT2D eigenvalue weighted by Crippen LogP contribution is 2.20. The van der Waals surface area contributed by atoms with E-state index in [-0.39, 0.29) is 50.7 Å². The molecule has 1 saturated heterocycles. The Kier molecular flexibility index (Phi) is 11.5. The molecular weight excluding hydrogens is 391 g/mol. The van der Waals surface area contributed by atoms with Crippen molar-refractivity contribution in [1.29, 1.82) is 0 Å².